The van der Waals surface area contributed by atoms with Gasteiger partial charge in [-0.3, -0.25) is 15.0 Å². The van der Waals surface area contributed by atoms with Gasteiger partial charge in [0.05, 0.1) is 12.0 Å². The van der Waals surface area contributed by atoms with E-state index in [0.717, 1.165) is 37.4 Å². The fraction of sp³-hybridized carbons (Fsp3) is 0.375. The predicted octanol–water partition coefficient (Wildman–Crippen LogP) is 2.08. The van der Waals surface area contributed by atoms with Crippen molar-refractivity contribution in [3.63, 3.8) is 0 Å². The van der Waals surface area contributed by atoms with Gasteiger partial charge in [0.25, 0.3) is 5.69 Å². The van der Waals surface area contributed by atoms with E-state index in [1.807, 2.05) is 12.1 Å². The van der Waals surface area contributed by atoms with Gasteiger partial charge in [0.2, 0.25) is 5.88 Å². The molecule has 1 aliphatic heterocycles. The molecular weight excluding hydrogens is 310 g/mol. The molecule has 2 heterocycles. The van der Waals surface area contributed by atoms with Gasteiger partial charge in [-0.1, -0.05) is 12.1 Å². The van der Waals surface area contributed by atoms with E-state index in [-0.39, 0.29) is 10.6 Å². The zero-order chi connectivity index (χ0) is 16.9. The van der Waals surface area contributed by atoms with Gasteiger partial charge in [-0.05, 0) is 12.0 Å². The van der Waals surface area contributed by atoms with Gasteiger partial charge in [-0.2, -0.15) is 0 Å². The molecular formula is C16H19N5O3. The zero-order valence-corrected chi connectivity index (χ0v) is 13.4. The average molecular weight is 329 g/mol. The first-order valence-corrected chi connectivity index (χ1v) is 7.72. The number of rotatable bonds is 6. The maximum atomic E-state index is 10.7. The number of nitrogens with one attached hydrogen (secondary N) is 1. The first kappa shape index (κ1) is 16.1. The van der Waals surface area contributed by atoms with Crippen LogP contribution < -0.4 is 10.1 Å². The molecule has 1 aromatic heterocycles. The Morgan fingerprint density at radius 3 is 2.88 bits per heavy atom. The molecule has 0 saturated carbocycles. The third-order valence-electron chi connectivity index (χ3n) is 4.03. The van der Waals surface area contributed by atoms with E-state index >= 15 is 0 Å². The fourth-order valence-electron chi connectivity index (χ4n) is 2.81. The Balaban J connectivity index is 1.54. The first-order chi connectivity index (χ1) is 11.6. The van der Waals surface area contributed by atoms with Crippen molar-refractivity contribution in [3.8, 4) is 5.88 Å². The Morgan fingerprint density at radius 2 is 2.17 bits per heavy atom. The summed E-state index contributed by atoms with van der Waals surface area (Å²) >= 11 is 0. The van der Waals surface area contributed by atoms with Crippen molar-refractivity contribution in [2.45, 2.75) is 19.0 Å². The summed E-state index contributed by atoms with van der Waals surface area (Å²) in [4.78, 5) is 20.8. The van der Waals surface area contributed by atoms with E-state index in [2.05, 4.69) is 20.2 Å². The molecule has 0 aliphatic carbocycles. The summed E-state index contributed by atoms with van der Waals surface area (Å²) in [7, 11) is 1.58. The summed E-state index contributed by atoms with van der Waals surface area (Å²) in [6.07, 6.45) is 2.49. The summed E-state index contributed by atoms with van der Waals surface area (Å²) in [6, 6.07) is 8.81. The molecule has 126 valence electrons. The zero-order valence-electron chi connectivity index (χ0n) is 13.4. The molecule has 2 aromatic rings. The highest BCUT2D eigenvalue weighted by Gasteiger charge is 2.23. The summed E-state index contributed by atoms with van der Waals surface area (Å²) in [5.74, 6) is 1.29. The quantitative estimate of drug-likeness (QED) is 0.640. The molecule has 0 radical (unpaired) electrons. The molecule has 8 heteroatoms. The Morgan fingerprint density at radius 1 is 1.38 bits per heavy atom. The van der Waals surface area contributed by atoms with E-state index in [4.69, 9.17) is 4.74 Å². The van der Waals surface area contributed by atoms with Crippen LogP contribution in [-0.2, 0) is 6.54 Å². The van der Waals surface area contributed by atoms with Crippen LogP contribution in [0, 0.1) is 10.1 Å². The molecule has 1 saturated heterocycles. The Bertz CT molecular complexity index is 707. The summed E-state index contributed by atoms with van der Waals surface area (Å²) in [6.45, 7) is 2.64. The van der Waals surface area contributed by atoms with Crippen LogP contribution in [0.4, 0.5) is 11.5 Å². The highest BCUT2D eigenvalue weighted by Crippen LogP contribution is 2.19. The first-order valence-electron chi connectivity index (χ1n) is 7.72. The molecule has 1 atom stereocenters. The highest BCUT2D eigenvalue weighted by molar-refractivity contribution is 5.38. The SMILES string of the molecule is COc1cc(NC2CCN(Cc3ccc([N+](=O)[O-])cc3)C2)ncn1. The van der Waals surface area contributed by atoms with Crippen molar-refractivity contribution in [2.24, 2.45) is 0 Å². The average Bonchev–Trinajstić information content (AvgIpc) is 3.02. The third-order valence-corrected chi connectivity index (χ3v) is 4.03. The van der Waals surface area contributed by atoms with Crippen LogP contribution >= 0.6 is 0 Å². The van der Waals surface area contributed by atoms with E-state index in [0.29, 0.717) is 11.9 Å². The normalized spacial score (nSPS) is 17.6. The van der Waals surface area contributed by atoms with Crippen LogP contribution in [0.2, 0.25) is 0 Å². The van der Waals surface area contributed by atoms with E-state index in [1.165, 1.54) is 6.33 Å². The lowest BCUT2D eigenvalue weighted by molar-refractivity contribution is -0.384. The molecule has 1 fully saturated rings. The molecule has 0 spiro atoms. The molecule has 1 aromatic carbocycles. The number of anilines is 1. The number of methoxy groups -OCH3 is 1. The molecule has 8 nitrogen and oxygen atoms in total. The van der Waals surface area contributed by atoms with E-state index in [9.17, 15) is 10.1 Å². The van der Waals surface area contributed by atoms with Gasteiger partial charge >= 0.3 is 0 Å². The Kier molecular flexibility index (Phi) is 4.85. The fourth-order valence-corrected chi connectivity index (χ4v) is 2.81. The minimum Gasteiger partial charge on any atom is -0.481 e. The molecule has 1 aliphatic rings. The lowest BCUT2D eigenvalue weighted by Gasteiger charge is -2.17. The summed E-state index contributed by atoms with van der Waals surface area (Å²) in [5, 5.41) is 14.1. The molecule has 0 amide bonds. The number of aromatic nitrogens is 2. The lowest BCUT2D eigenvalue weighted by atomic mass is 10.2. The molecule has 24 heavy (non-hydrogen) atoms. The standard InChI is InChI=1S/C16H19N5O3/c1-24-16-8-15(17-11-18-16)19-13-6-7-20(10-13)9-12-2-4-14(5-3-12)21(22)23/h2-5,8,11,13H,6-7,9-10H2,1H3,(H,17,18,19). The number of nitro benzene ring substituents is 1. The lowest BCUT2D eigenvalue weighted by Crippen LogP contribution is -2.26. The second-order valence-electron chi connectivity index (χ2n) is 5.73. The largest absolute Gasteiger partial charge is 0.481 e. The van der Waals surface area contributed by atoms with Gasteiger partial charge in [-0.25, -0.2) is 9.97 Å². The maximum Gasteiger partial charge on any atom is 0.269 e. The molecule has 3 rings (SSSR count). The topological polar surface area (TPSA) is 93.4 Å². The molecule has 0 bridgehead atoms. The van der Waals surface area contributed by atoms with Gasteiger partial charge in [0.15, 0.2) is 0 Å². The minimum atomic E-state index is -0.379. The van der Waals surface area contributed by atoms with Gasteiger partial charge in [-0.15, -0.1) is 0 Å². The minimum absolute atomic E-state index is 0.123. The van der Waals surface area contributed by atoms with Crippen molar-refractivity contribution in [2.75, 3.05) is 25.5 Å². The van der Waals surface area contributed by atoms with Crippen LogP contribution in [0.25, 0.3) is 0 Å². The van der Waals surface area contributed by atoms with Crippen molar-refractivity contribution < 1.29 is 9.66 Å². The number of ether oxygens (including phenoxy) is 1. The number of benzene rings is 1. The Labute approximate surface area is 139 Å². The van der Waals surface area contributed by atoms with Gasteiger partial charge in [0, 0.05) is 43.9 Å². The van der Waals surface area contributed by atoms with Crippen LogP contribution in [0.5, 0.6) is 5.88 Å². The molecule has 1 N–H and O–H groups in total. The highest BCUT2D eigenvalue weighted by atomic mass is 16.6. The van der Waals surface area contributed by atoms with E-state index < -0.39 is 0 Å². The Hall–Kier alpha value is -2.74. The van der Waals surface area contributed by atoms with Crippen LogP contribution in [-0.4, -0.2) is 46.0 Å². The maximum absolute atomic E-state index is 10.7. The molecule has 1 unspecified atom stereocenters. The number of nitrogens with zero attached hydrogens (tertiary/aromatic N) is 4. The third kappa shape index (κ3) is 3.96. The smallest absolute Gasteiger partial charge is 0.269 e. The second-order valence-corrected chi connectivity index (χ2v) is 5.73. The van der Waals surface area contributed by atoms with Crippen molar-refractivity contribution in [1.29, 1.82) is 0 Å². The van der Waals surface area contributed by atoms with E-state index in [1.54, 1.807) is 25.3 Å². The van der Waals surface area contributed by atoms with Crippen LogP contribution in [0.15, 0.2) is 36.7 Å². The van der Waals surface area contributed by atoms with Crippen LogP contribution in [0.3, 0.4) is 0 Å². The van der Waals surface area contributed by atoms with Gasteiger partial charge in [0.1, 0.15) is 12.1 Å². The number of hydrogen-bond donors (Lipinski definition) is 1. The second kappa shape index (κ2) is 7.22. The summed E-state index contributed by atoms with van der Waals surface area (Å²) < 4.78 is 5.10. The van der Waals surface area contributed by atoms with Crippen LogP contribution in [0.1, 0.15) is 12.0 Å². The number of nitro groups is 1. The van der Waals surface area contributed by atoms with Gasteiger partial charge < -0.3 is 10.1 Å². The predicted molar refractivity (Wildman–Crippen MR) is 89.0 cm³/mol. The number of likely N-dealkylation sites (tertiary alicyclic amines) is 1. The monoisotopic (exact) mass is 329 g/mol. The van der Waals surface area contributed by atoms with Crippen molar-refractivity contribution >= 4 is 11.5 Å². The van der Waals surface area contributed by atoms with Crippen molar-refractivity contribution in [3.05, 3.63) is 52.3 Å². The number of non-ortho nitro benzene ring substituents is 1. The number of hydrogen-bond acceptors (Lipinski definition) is 7. The summed E-state index contributed by atoms with van der Waals surface area (Å²) in [5.41, 5.74) is 1.20. The van der Waals surface area contributed by atoms with Crippen molar-refractivity contribution in [1.82, 2.24) is 14.9 Å².